The molecule has 7 heteroatoms. The van der Waals surface area contributed by atoms with Gasteiger partial charge in [0.25, 0.3) is 5.56 Å². The first-order valence-corrected chi connectivity index (χ1v) is 9.82. The monoisotopic (exact) mass is 383 g/mol. The van der Waals surface area contributed by atoms with Gasteiger partial charge in [0.2, 0.25) is 0 Å². The van der Waals surface area contributed by atoms with Gasteiger partial charge in [-0.15, -0.1) is 11.3 Å². The number of anilines is 1. The topological polar surface area (TPSA) is 75.3 Å². The van der Waals surface area contributed by atoms with Crippen LogP contribution >= 0.6 is 11.3 Å². The van der Waals surface area contributed by atoms with E-state index in [0.29, 0.717) is 16.8 Å². The molecule has 0 aliphatic heterocycles. The van der Waals surface area contributed by atoms with Crippen molar-refractivity contribution in [2.75, 3.05) is 19.0 Å². The van der Waals surface area contributed by atoms with Gasteiger partial charge in [-0.1, -0.05) is 0 Å². The highest BCUT2D eigenvalue weighted by atomic mass is 32.1. The van der Waals surface area contributed by atoms with Crippen LogP contribution in [-0.4, -0.2) is 30.0 Å². The number of rotatable bonds is 4. The Morgan fingerprint density at radius 3 is 2.70 bits per heavy atom. The highest BCUT2D eigenvalue weighted by Gasteiger charge is 2.20. The van der Waals surface area contributed by atoms with Crippen LogP contribution in [0, 0.1) is 0 Å². The fraction of sp³-hybridized carbons (Fsp3) is 0.350. The molecule has 0 saturated heterocycles. The maximum absolute atomic E-state index is 12.5. The van der Waals surface area contributed by atoms with Crippen LogP contribution < -0.4 is 10.5 Å². The number of aryl methyl sites for hydroxylation is 2. The Bertz CT molecular complexity index is 1050. The summed E-state index contributed by atoms with van der Waals surface area (Å²) in [7, 11) is 3.88. The molecule has 140 valence electrons. The SMILES string of the molecule is CN(C)c1ccc(C(=O)OCc2nc3sc4c(c3c(=O)[nH]2)CCCC4)cc1. The van der Waals surface area contributed by atoms with E-state index in [2.05, 4.69) is 9.97 Å². The number of fused-ring (bicyclic) bond motifs is 3. The molecule has 1 N–H and O–H groups in total. The van der Waals surface area contributed by atoms with Gasteiger partial charge in [0.1, 0.15) is 17.3 Å². The molecule has 27 heavy (non-hydrogen) atoms. The van der Waals surface area contributed by atoms with E-state index < -0.39 is 5.97 Å². The summed E-state index contributed by atoms with van der Waals surface area (Å²) in [5.41, 5.74) is 2.49. The summed E-state index contributed by atoms with van der Waals surface area (Å²) in [6, 6.07) is 7.17. The fourth-order valence-electron chi connectivity index (χ4n) is 3.39. The first-order valence-electron chi connectivity index (χ1n) is 9.01. The zero-order valence-electron chi connectivity index (χ0n) is 15.4. The third-order valence-electron chi connectivity index (χ3n) is 4.83. The predicted molar refractivity (Wildman–Crippen MR) is 107 cm³/mol. The summed E-state index contributed by atoms with van der Waals surface area (Å²) >= 11 is 1.59. The molecule has 0 amide bonds. The normalized spacial score (nSPS) is 13.4. The van der Waals surface area contributed by atoms with E-state index in [0.717, 1.165) is 41.8 Å². The molecule has 0 unspecified atom stereocenters. The molecule has 3 aromatic rings. The Balaban J connectivity index is 1.52. The van der Waals surface area contributed by atoms with Gasteiger partial charge >= 0.3 is 5.97 Å². The van der Waals surface area contributed by atoms with E-state index in [4.69, 9.17) is 4.74 Å². The van der Waals surface area contributed by atoms with Gasteiger partial charge in [-0.2, -0.15) is 0 Å². The Kier molecular flexibility index (Phi) is 4.70. The Morgan fingerprint density at radius 1 is 1.22 bits per heavy atom. The van der Waals surface area contributed by atoms with E-state index in [-0.39, 0.29) is 12.2 Å². The molecule has 6 nitrogen and oxygen atoms in total. The Labute approximate surface area is 160 Å². The van der Waals surface area contributed by atoms with Crippen LogP contribution in [-0.2, 0) is 24.2 Å². The lowest BCUT2D eigenvalue weighted by atomic mass is 9.97. The van der Waals surface area contributed by atoms with Crippen molar-refractivity contribution in [3.8, 4) is 0 Å². The first-order chi connectivity index (χ1) is 13.0. The number of aromatic nitrogens is 2. The molecule has 0 saturated carbocycles. The maximum Gasteiger partial charge on any atom is 0.338 e. The lowest BCUT2D eigenvalue weighted by molar-refractivity contribution is 0.0462. The molecular formula is C20H21N3O3S. The van der Waals surface area contributed by atoms with E-state index in [1.54, 1.807) is 23.5 Å². The molecule has 0 fully saturated rings. The largest absolute Gasteiger partial charge is 0.454 e. The van der Waals surface area contributed by atoms with Crippen LogP contribution in [0.15, 0.2) is 29.1 Å². The molecular weight excluding hydrogens is 362 g/mol. The van der Waals surface area contributed by atoms with Gasteiger partial charge in [0, 0.05) is 24.7 Å². The van der Waals surface area contributed by atoms with Crippen molar-refractivity contribution in [1.82, 2.24) is 9.97 Å². The lowest BCUT2D eigenvalue weighted by Crippen LogP contribution is -2.15. The number of H-pyrrole nitrogens is 1. The van der Waals surface area contributed by atoms with E-state index in [1.165, 1.54) is 4.88 Å². The quantitative estimate of drug-likeness (QED) is 0.700. The van der Waals surface area contributed by atoms with Crippen LogP contribution in [0.1, 0.15) is 39.5 Å². The van der Waals surface area contributed by atoms with Crippen molar-refractivity contribution in [1.29, 1.82) is 0 Å². The molecule has 4 rings (SSSR count). The summed E-state index contributed by atoms with van der Waals surface area (Å²) in [6.45, 7) is -0.0536. The summed E-state index contributed by atoms with van der Waals surface area (Å²) in [5.74, 6) is -0.0575. The van der Waals surface area contributed by atoms with Gasteiger partial charge in [0.05, 0.1) is 10.9 Å². The molecule has 0 radical (unpaired) electrons. The number of benzene rings is 1. The summed E-state index contributed by atoms with van der Waals surface area (Å²) < 4.78 is 5.34. The average Bonchev–Trinajstić information content (AvgIpc) is 3.05. The summed E-state index contributed by atoms with van der Waals surface area (Å²) in [4.78, 5) is 36.0. The van der Waals surface area contributed by atoms with Gasteiger partial charge in [-0.3, -0.25) is 4.79 Å². The predicted octanol–water partition coefficient (Wildman–Crippen LogP) is 3.29. The number of ether oxygens (including phenoxy) is 1. The number of hydrogen-bond acceptors (Lipinski definition) is 6. The Hall–Kier alpha value is -2.67. The number of nitrogens with one attached hydrogen (secondary N) is 1. The van der Waals surface area contributed by atoms with Crippen LogP contribution in [0.3, 0.4) is 0 Å². The van der Waals surface area contributed by atoms with Gasteiger partial charge in [-0.25, -0.2) is 9.78 Å². The molecule has 0 bridgehead atoms. The number of hydrogen-bond donors (Lipinski definition) is 1. The van der Waals surface area contributed by atoms with E-state index in [1.807, 2.05) is 31.1 Å². The number of aromatic amines is 1. The smallest absolute Gasteiger partial charge is 0.338 e. The third kappa shape index (κ3) is 3.47. The number of thiophene rings is 1. The molecule has 2 aromatic heterocycles. The van der Waals surface area contributed by atoms with Gasteiger partial charge < -0.3 is 14.6 Å². The summed E-state index contributed by atoms with van der Waals surface area (Å²) in [5, 5.41) is 0.712. The molecule has 1 aliphatic rings. The number of esters is 1. The molecule has 1 aromatic carbocycles. The fourth-order valence-corrected chi connectivity index (χ4v) is 4.67. The van der Waals surface area contributed by atoms with Crippen LogP contribution in [0.2, 0.25) is 0 Å². The van der Waals surface area contributed by atoms with Crippen molar-refractivity contribution >= 4 is 33.2 Å². The molecule has 2 heterocycles. The van der Waals surface area contributed by atoms with Crippen LogP contribution in [0.25, 0.3) is 10.2 Å². The highest BCUT2D eigenvalue weighted by Crippen LogP contribution is 2.33. The minimum absolute atomic E-state index is 0.0536. The third-order valence-corrected chi connectivity index (χ3v) is 6.02. The van der Waals surface area contributed by atoms with Crippen molar-refractivity contribution in [2.24, 2.45) is 0 Å². The average molecular weight is 383 g/mol. The zero-order chi connectivity index (χ0) is 19.0. The molecule has 0 spiro atoms. The van der Waals surface area contributed by atoms with Crippen molar-refractivity contribution < 1.29 is 9.53 Å². The van der Waals surface area contributed by atoms with Crippen molar-refractivity contribution in [3.05, 3.63) is 56.4 Å². The minimum Gasteiger partial charge on any atom is -0.454 e. The van der Waals surface area contributed by atoms with Gasteiger partial charge in [0.15, 0.2) is 0 Å². The molecule has 0 atom stereocenters. The second kappa shape index (κ2) is 7.15. The second-order valence-electron chi connectivity index (χ2n) is 6.92. The van der Waals surface area contributed by atoms with Crippen LogP contribution in [0.4, 0.5) is 5.69 Å². The number of carbonyl (C=O) groups excluding carboxylic acids is 1. The highest BCUT2D eigenvalue weighted by molar-refractivity contribution is 7.18. The van der Waals surface area contributed by atoms with E-state index >= 15 is 0 Å². The Morgan fingerprint density at radius 2 is 1.96 bits per heavy atom. The maximum atomic E-state index is 12.5. The number of carbonyl (C=O) groups is 1. The minimum atomic E-state index is -0.437. The number of nitrogens with zero attached hydrogens (tertiary/aromatic N) is 2. The first kappa shape index (κ1) is 17.7. The van der Waals surface area contributed by atoms with Crippen LogP contribution in [0.5, 0.6) is 0 Å². The summed E-state index contributed by atoms with van der Waals surface area (Å²) in [6.07, 6.45) is 4.24. The van der Waals surface area contributed by atoms with E-state index in [9.17, 15) is 9.59 Å². The standard InChI is InChI=1S/C20H21N3O3S/c1-23(2)13-9-7-12(8-10-13)20(25)26-11-16-21-18(24)17-14-5-3-4-6-15(14)27-19(17)22-16/h7-10H,3-6,11H2,1-2H3,(H,21,22,24). The zero-order valence-corrected chi connectivity index (χ0v) is 16.2. The van der Waals surface area contributed by atoms with Crippen molar-refractivity contribution in [3.63, 3.8) is 0 Å². The van der Waals surface area contributed by atoms with Crippen molar-refractivity contribution in [2.45, 2.75) is 32.3 Å². The van der Waals surface area contributed by atoms with Gasteiger partial charge in [-0.05, 0) is 55.5 Å². The second-order valence-corrected chi connectivity index (χ2v) is 8.00. The lowest BCUT2D eigenvalue weighted by Gasteiger charge is -2.12. The molecule has 1 aliphatic carbocycles.